The van der Waals surface area contributed by atoms with Gasteiger partial charge in [-0.05, 0) is 62.7 Å². The third kappa shape index (κ3) is 5.81. The van der Waals surface area contributed by atoms with Crippen molar-refractivity contribution in [2.75, 3.05) is 0 Å². The number of hydrogen-bond donors (Lipinski definition) is 0. The highest BCUT2D eigenvalue weighted by Gasteiger charge is 2.43. The Hall–Kier alpha value is -8.96. The predicted molar refractivity (Wildman–Crippen MR) is 299 cm³/mol. The minimum Gasteiger partial charge on any atom is -0.307 e. The van der Waals surface area contributed by atoms with Crippen molar-refractivity contribution in [2.45, 2.75) is 0 Å². The Balaban J connectivity index is 1.20. The zero-order chi connectivity index (χ0) is 46.2. The first-order chi connectivity index (χ1) is 34.8. The molecule has 328 valence electrons. The number of aromatic nitrogens is 3. The van der Waals surface area contributed by atoms with E-state index in [2.05, 4.69) is 287 Å². The quantitative estimate of drug-likeness (QED) is 0.107. The van der Waals surface area contributed by atoms with E-state index in [0.717, 1.165) is 28.1 Å². The van der Waals surface area contributed by atoms with Gasteiger partial charge in [0.25, 0.3) is 0 Å². The van der Waals surface area contributed by atoms with Gasteiger partial charge in [-0.2, -0.15) is 0 Å². The lowest BCUT2D eigenvalue weighted by molar-refractivity contribution is 1.11. The topological polar surface area (TPSA) is 14.8 Å². The van der Waals surface area contributed by atoms with E-state index in [0.29, 0.717) is 0 Å². The monoisotopic (exact) mass is 907 g/mol. The SMILES string of the molecule is c1ccc(-c2ccccc2-n2c3c(-n4c5ccccc5c5ccccc54)cccc3c3cccc(-n4c5ccccc5c5cccc([Si](c6ccccc6)(c6ccccc6)c6ccccc6)c54)c32)cc1. The molecule has 14 aromatic rings. The van der Waals surface area contributed by atoms with Gasteiger partial charge in [-0.25, -0.2) is 0 Å². The smallest absolute Gasteiger partial charge is 0.181 e. The van der Waals surface area contributed by atoms with Crippen molar-refractivity contribution in [3.05, 3.63) is 273 Å². The fourth-order valence-electron chi connectivity index (χ4n) is 12.0. The standard InChI is InChI=1S/C66H45N3Si/c1-5-24-46(25-6-1)50-32-13-17-39-57(50)69-64-55(36-21-43-61(64)67-58-40-18-14-33-51(58)52-34-15-19-41-59(52)67)56-37-22-44-62(65(56)69)68-60-42-20-16-35-53(60)54-38-23-45-63(66(54)68)70(47-26-7-2-8-27-47,48-28-9-3-10-29-48)49-30-11-4-12-31-49/h1-45H. The number of nitrogens with zero attached hydrogens (tertiary/aromatic N) is 3. The molecule has 3 heterocycles. The van der Waals surface area contributed by atoms with Crippen LogP contribution in [-0.2, 0) is 0 Å². The molecular formula is C66H45N3Si. The normalized spacial score (nSPS) is 12.0. The van der Waals surface area contributed by atoms with Crippen LogP contribution in [0.1, 0.15) is 0 Å². The van der Waals surface area contributed by atoms with Crippen molar-refractivity contribution in [3.8, 4) is 28.2 Å². The molecule has 14 rings (SSSR count). The van der Waals surface area contributed by atoms with Crippen molar-refractivity contribution in [2.24, 2.45) is 0 Å². The summed E-state index contributed by atoms with van der Waals surface area (Å²) in [7, 11) is -3.05. The van der Waals surface area contributed by atoms with Crippen LogP contribution in [0.5, 0.6) is 0 Å². The number of para-hydroxylation sites is 7. The van der Waals surface area contributed by atoms with Crippen LogP contribution in [0, 0.1) is 0 Å². The maximum absolute atomic E-state index is 3.05. The van der Waals surface area contributed by atoms with Gasteiger partial charge in [0.05, 0.1) is 50.2 Å². The summed E-state index contributed by atoms with van der Waals surface area (Å²) in [6.07, 6.45) is 0. The van der Waals surface area contributed by atoms with Gasteiger partial charge in [0.2, 0.25) is 0 Å². The summed E-state index contributed by atoms with van der Waals surface area (Å²) in [6.45, 7) is 0. The molecule has 0 aliphatic rings. The maximum atomic E-state index is 2.62. The van der Waals surface area contributed by atoms with Crippen molar-refractivity contribution in [3.63, 3.8) is 0 Å². The van der Waals surface area contributed by atoms with E-state index in [-0.39, 0.29) is 0 Å². The first-order valence-electron chi connectivity index (χ1n) is 24.2. The molecular weight excluding hydrogens is 863 g/mol. The average molecular weight is 908 g/mol. The number of fused-ring (bicyclic) bond motifs is 9. The van der Waals surface area contributed by atoms with Crippen LogP contribution in [-0.4, -0.2) is 21.8 Å². The van der Waals surface area contributed by atoms with Crippen LogP contribution in [0.4, 0.5) is 0 Å². The largest absolute Gasteiger partial charge is 0.307 e. The molecule has 11 aromatic carbocycles. The maximum Gasteiger partial charge on any atom is 0.181 e. The fourth-order valence-corrected chi connectivity index (χ4v) is 17.0. The van der Waals surface area contributed by atoms with Crippen LogP contribution >= 0.6 is 0 Å². The van der Waals surface area contributed by atoms with Gasteiger partial charge in [0, 0.05) is 37.9 Å². The van der Waals surface area contributed by atoms with Crippen LogP contribution in [0.15, 0.2) is 273 Å². The molecule has 0 unspecified atom stereocenters. The molecule has 3 nitrogen and oxygen atoms in total. The van der Waals surface area contributed by atoms with Crippen LogP contribution in [0.25, 0.3) is 93.6 Å². The van der Waals surface area contributed by atoms with Gasteiger partial charge in [-0.15, -0.1) is 0 Å². The lowest BCUT2D eigenvalue weighted by Crippen LogP contribution is -2.75. The zero-order valence-electron chi connectivity index (χ0n) is 38.3. The molecule has 4 heteroatoms. The molecule has 0 fully saturated rings. The van der Waals surface area contributed by atoms with E-state index in [1.807, 2.05) is 0 Å². The Morgan fingerprint density at radius 2 is 0.586 bits per heavy atom. The van der Waals surface area contributed by atoms with Gasteiger partial charge >= 0.3 is 0 Å². The van der Waals surface area contributed by atoms with Gasteiger partial charge in [0.1, 0.15) is 0 Å². The van der Waals surface area contributed by atoms with Crippen molar-refractivity contribution >= 4 is 94.2 Å². The highest BCUT2D eigenvalue weighted by molar-refractivity contribution is 7.20. The lowest BCUT2D eigenvalue weighted by atomic mass is 10.0. The predicted octanol–water partition coefficient (Wildman–Crippen LogP) is 14.0. The molecule has 0 aliphatic carbocycles. The van der Waals surface area contributed by atoms with Crippen molar-refractivity contribution in [1.29, 1.82) is 0 Å². The number of benzene rings is 11. The first kappa shape index (κ1) is 40.1. The number of hydrogen-bond acceptors (Lipinski definition) is 0. The minimum absolute atomic E-state index is 1.12. The van der Waals surface area contributed by atoms with Crippen molar-refractivity contribution < 1.29 is 0 Å². The molecule has 0 spiro atoms. The summed E-state index contributed by atoms with van der Waals surface area (Å²) in [5.74, 6) is 0. The van der Waals surface area contributed by atoms with Crippen molar-refractivity contribution in [1.82, 2.24) is 13.7 Å². The Morgan fingerprint density at radius 3 is 1.11 bits per heavy atom. The highest BCUT2D eigenvalue weighted by Crippen LogP contribution is 2.44. The molecule has 0 aliphatic heterocycles. The average Bonchev–Trinajstić information content (AvgIpc) is 4.09. The summed E-state index contributed by atoms with van der Waals surface area (Å²) in [4.78, 5) is 0. The van der Waals surface area contributed by atoms with E-state index < -0.39 is 8.07 Å². The zero-order valence-corrected chi connectivity index (χ0v) is 39.3. The second-order valence-corrected chi connectivity index (χ2v) is 22.1. The molecule has 0 amide bonds. The minimum atomic E-state index is -3.05. The summed E-state index contributed by atoms with van der Waals surface area (Å²) in [5.41, 5.74) is 12.8. The van der Waals surface area contributed by atoms with E-state index in [1.54, 1.807) is 0 Å². The molecule has 0 bridgehead atoms. The molecule has 0 saturated heterocycles. The Bertz CT molecular complexity index is 4130. The van der Waals surface area contributed by atoms with Crippen LogP contribution in [0.3, 0.4) is 0 Å². The molecule has 0 N–H and O–H groups in total. The van der Waals surface area contributed by atoms with Gasteiger partial charge in [-0.3, -0.25) is 0 Å². The van der Waals surface area contributed by atoms with E-state index in [1.165, 1.54) is 86.3 Å². The molecule has 70 heavy (non-hydrogen) atoms. The van der Waals surface area contributed by atoms with E-state index in [4.69, 9.17) is 0 Å². The van der Waals surface area contributed by atoms with Gasteiger partial charge in [-0.1, -0.05) is 237 Å². The van der Waals surface area contributed by atoms with Gasteiger partial charge in [0.15, 0.2) is 8.07 Å². The second kappa shape index (κ2) is 16.1. The molecule has 0 atom stereocenters. The van der Waals surface area contributed by atoms with Crippen LogP contribution < -0.4 is 20.7 Å². The Labute approximate surface area is 407 Å². The summed E-state index contributed by atoms with van der Waals surface area (Å²) >= 11 is 0. The third-order valence-electron chi connectivity index (χ3n) is 14.8. The lowest BCUT2D eigenvalue weighted by Gasteiger charge is -2.35. The molecule has 0 radical (unpaired) electrons. The molecule has 0 saturated carbocycles. The Morgan fingerprint density at radius 1 is 0.229 bits per heavy atom. The first-order valence-corrected chi connectivity index (χ1v) is 26.2. The van der Waals surface area contributed by atoms with Gasteiger partial charge < -0.3 is 13.7 Å². The Kier molecular flexibility index (Phi) is 9.23. The summed E-state index contributed by atoms with van der Waals surface area (Å²) < 4.78 is 7.71. The van der Waals surface area contributed by atoms with E-state index in [9.17, 15) is 0 Å². The summed E-state index contributed by atoms with van der Waals surface area (Å²) in [5, 5.41) is 12.7. The fraction of sp³-hybridized carbons (Fsp3) is 0. The van der Waals surface area contributed by atoms with E-state index >= 15 is 0 Å². The van der Waals surface area contributed by atoms with Crippen LogP contribution in [0.2, 0.25) is 0 Å². The second-order valence-electron chi connectivity index (χ2n) is 18.3. The summed E-state index contributed by atoms with van der Waals surface area (Å²) in [6, 6.07) is 102. The third-order valence-corrected chi connectivity index (χ3v) is 19.6. The highest BCUT2D eigenvalue weighted by atomic mass is 28.3. The number of rotatable bonds is 8. The molecule has 3 aromatic heterocycles.